The highest BCUT2D eigenvalue weighted by atomic mass is 19.4. The zero-order chi connectivity index (χ0) is 17.2. The molecule has 1 heterocycles. The molecule has 2 amide bonds. The highest BCUT2D eigenvalue weighted by molar-refractivity contribution is 5.96. The third-order valence-corrected chi connectivity index (χ3v) is 3.85. The van der Waals surface area contributed by atoms with Gasteiger partial charge in [0.05, 0.1) is 18.0 Å². The molecule has 1 aromatic carbocycles. The smallest absolute Gasteiger partial charge is 0.417 e. The molecule has 23 heavy (non-hydrogen) atoms. The second-order valence-electron chi connectivity index (χ2n) is 5.48. The van der Waals surface area contributed by atoms with Crippen LogP contribution in [0.4, 0.5) is 18.0 Å². The van der Waals surface area contributed by atoms with Crippen LogP contribution in [0.3, 0.4) is 0 Å². The first kappa shape index (κ1) is 17.3. The van der Waals surface area contributed by atoms with E-state index in [9.17, 15) is 22.8 Å². The summed E-state index contributed by atoms with van der Waals surface area (Å²) in [6.45, 7) is 0.753. The fraction of sp³-hybridized carbons (Fsp3) is 0.467. The minimum absolute atomic E-state index is 0.0629. The number of carbonyl (C=O) groups excluding carboxylic acids is 2. The lowest BCUT2D eigenvalue weighted by atomic mass is 9.99. The summed E-state index contributed by atoms with van der Waals surface area (Å²) in [4.78, 5) is 24.7. The topological polar surface area (TPSA) is 72.6 Å². The quantitative estimate of drug-likeness (QED) is 0.918. The Balaban J connectivity index is 2.14. The third kappa shape index (κ3) is 3.82. The van der Waals surface area contributed by atoms with Crippen molar-refractivity contribution < 1.29 is 27.5 Å². The summed E-state index contributed by atoms with van der Waals surface area (Å²) in [6.07, 6.45) is -5.28. The molecular formula is C15H17F3N2O3. The molecule has 1 aromatic rings. The Morgan fingerprint density at radius 3 is 2.57 bits per heavy atom. The summed E-state index contributed by atoms with van der Waals surface area (Å²) in [5.74, 6) is -3.13. The Bertz CT molecular complexity index is 577. The Labute approximate surface area is 131 Å². The van der Waals surface area contributed by atoms with Crippen molar-refractivity contribution in [2.75, 3.05) is 6.61 Å². The molecule has 2 rings (SSSR count). The van der Waals surface area contributed by atoms with Gasteiger partial charge >= 0.3 is 12.3 Å². The third-order valence-electron chi connectivity index (χ3n) is 3.85. The van der Waals surface area contributed by atoms with Gasteiger partial charge in [0, 0.05) is 0 Å². The van der Waals surface area contributed by atoms with Gasteiger partial charge in [-0.15, -0.1) is 0 Å². The van der Waals surface area contributed by atoms with Crippen molar-refractivity contribution in [2.45, 2.75) is 31.6 Å². The number of hydrogen-bond acceptors (Lipinski definition) is 4. The number of halogens is 3. The maximum Gasteiger partial charge on any atom is 0.417 e. The molecule has 5 nitrogen and oxygen atoms in total. The number of amides is 2. The number of carbonyl (C=O) groups is 2. The molecule has 0 aromatic heterocycles. The summed E-state index contributed by atoms with van der Waals surface area (Å²) in [5.41, 5.74) is 6.26. The molecule has 0 bridgehead atoms. The predicted molar refractivity (Wildman–Crippen MR) is 75.3 cm³/mol. The number of cyclic esters (lactones) is 1. The average molecular weight is 330 g/mol. The second kappa shape index (κ2) is 6.57. The van der Waals surface area contributed by atoms with E-state index >= 15 is 0 Å². The molecule has 2 N–H and O–H groups in total. The number of hydrogen-bond donors (Lipinski definition) is 1. The Morgan fingerprint density at radius 1 is 1.39 bits per heavy atom. The van der Waals surface area contributed by atoms with E-state index in [0.717, 1.165) is 12.5 Å². The maximum atomic E-state index is 12.7. The van der Waals surface area contributed by atoms with Crippen molar-refractivity contribution in [3.8, 4) is 0 Å². The molecule has 1 aliphatic rings. The monoisotopic (exact) mass is 330 g/mol. The van der Waals surface area contributed by atoms with Crippen molar-refractivity contribution in [3.63, 3.8) is 0 Å². The molecule has 0 spiro atoms. The van der Waals surface area contributed by atoms with Crippen LogP contribution in [-0.2, 0) is 16.0 Å². The first-order chi connectivity index (χ1) is 10.7. The SMILES string of the molecule is C[C@@H]([C@H](N)C(=O)N1C(=O)OC[C@@H]1Cc1ccccc1)C(F)(F)F. The second-order valence-corrected chi connectivity index (χ2v) is 5.48. The van der Waals surface area contributed by atoms with E-state index in [4.69, 9.17) is 10.5 Å². The van der Waals surface area contributed by atoms with E-state index in [-0.39, 0.29) is 6.61 Å². The number of imide groups is 1. The zero-order valence-corrected chi connectivity index (χ0v) is 12.4. The number of alkyl halides is 3. The Hall–Kier alpha value is -2.09. The number of benzene rings is 1. The van der Waals surface area contributed by atoms with E-state index in [0.29, 0.717) is 11.3 Å². The minimum atomic E-state index is -4.62. The molecule has 0 unspecified atom stereocenters. The van der Waals surface area contributed by atoms with Gasteiger partial charge in [0.2, 0.25) is 5.91 Å². The molecular weight excluding hydrogens is 313 g/mol. The molecule has 0 aliphatic carbocycles. The maximum absolute atomic E-state index is 12.7. The standard InChI is InChI=1S/C15H17F3N2O3/c1-9(15(16,17)18)12(19)13(21)20-11(8-23-14(20)22)7-10-5-3-2-4-6-10/h2-6,9,11-12H,7-8,19H2,1H3/t9-,11-,12-/m0/s1. The van der Waals surface area contributed by atoms with E-state index < -0.39 is 36.2 Å². The first-order valence-electron chi connectivity index (χ1n) is 7.08. The summed E-state index contributed by atoms with van der Waals surface area (Å²) in [5, 5.41) is 0. The van der Waals surface area contributed by atoms with E-state index in [1.807, 2.05) is 6.07 Å². The van der Waals surface area contributed by atoms with Crippen LogP contribution in [0.5, 0.6) is 0 Å². The number of nitrogens with zero attached hydrogens (tertiary/aromatic N) is 1. The predicted octanol–water partition coefficient (Wildman–Crippen LogP) is 2.10. The van der Waals surface area contributed by atoms with Gasteiger partial charge in [0.25, 0.3) is 0 Å². The number of nitrogens with two attached hydrogens (primary N) is 1. The molecule has 1 saturated heterocycles. The van der Waals surface area contributed by atoms with Crippen LogP contribution in [0, 0.1) is 5.92 Å². The lowest BCUT2D eigenvalue weighted by molar-refractivity contribution is -0.180. The Morgan fingerprint density at radius 2 is 2.00 bits per heavy atom. The average Bonchev–Trinajstić information content (AvgIpc) is 2.85. The van der Waals surface area contributed by atoms with Crippen molar-refractivity contribution >= 4 is 12.0 Å². The molecule has 8 heteroatoms. The zero-order valence-electron chi connectivity index (χ0n) is 12.4. The van der Waals surface area contributed by atoms with E-state index in [1.165, 1.54) is 0 Å². The minimum Gasteiger partial charge on any atom is -0.447 e. The van der Waals surface area contributed by atoms with Crippen molar-refractivity contribution in [1.82, 2.24) is 4.90 Å². The van der Waals surface area contributed by atoms with Crippen LogP contribution in [0.2, 0.25) is 0 Å². The van der Waals surface area contributed by atoms with Crippen LogP contribution < -0.4 is 5.73 Å². The van der Waals surface area contributed by atoms with Gasteiger partial charge in [0.15, 0.2) is 0 Å². The molecule has 126 valence electrons. The van der Waals surface area contributed by atoms with Gasteiger partial charge in [-0.05, 0) is 12.0 Å². The van der Waals surface area contributed by atoms with Gasteiger partial charge < -0.3 is 10.5 Å². The number of ether oxygens (including phenoxy) is 1. The Kier molecular flexibility index (Phi) is 4.93. The fourth-order valence-electron chi connectivity index (χ4n) is 2.34. The highest BCUT2D eigenvalue weighted by Crippen LogP contribution is 2.29. The molecule has 0 saturated carbocycles. The lowest BCUT2D eigenvalue weighted by Crippen LogP contribution is -2.53. The summed E-state index contributed by atoms with van der Waals surface area (Å²) in [6, 6.07) is 6.47. The van der Waals surface area contributed by atoms with Gasteiger partial charge in [-0.25, -0.2) is 9.69 Å². The molecule has 0 radical (unpaired) electrons. The summed E-state index contributed by atoms with van der Waals surface area (Å²) >= 11 is 0. The van der Waals surface area contributed by atoms with E-state index in [2.05, 4.69) is 0 Å². The van der Waals surface area contributed by atoms with Crippen molar-refractivity contribution in [1.29, 1.82) is 0 Å². The van der Waals surface area contributed by atoms with Crippen molar-refractivity contribution in [2.24, 2.45) is 11.7 Å². The molecule has 3 atom stereocenters. The summed E-state index contributed by atoms with van der Waals surface area (Å²) in [7, 11) is 0. The molecule has 1 aliphatic heterocycles. The number of rotatable bonds is 4. The van der Waals surface area contributed by atoms with Crippen molar-refractivity contribution in [3.05, 3.63) is 35.9 Å². The first-order valence-corrected chi connectivity index (χ1v) is 7.08. The molecule has 1 fully saturated rings. The van der Waals surface area contributed by atoms with Crippen LogP contribution in [0.15, 0.2) is 30.3 Å². The largest absolute Gasteiger partial charge is 0.447 e. The lowest BCUT2D eigenvalue weighted by Gasteiger charge is -2.27. The van der Waals surface area contributed by atoms with Gasteiger partial charge in [0.1, 0.15) is 6.61 Å². The van der Waals surface area contributed by atoms with Crippen LogP contribution in [-0.4, -0.2) is 41.8 Å². The normalized spacial score (nSPS) is 21.0. The van der Waals surface area contributed by atoms with Gasteiger partial charge in [-0.3, -0.25) is 4.79 Å². The van der Waals surface area contributed by atoms with Gasteiger partial charge in [-0.2, -0.15) is 13.2 Å². The fourth-order valence-corrected chi connectivity index (χ4v) is 2.34. The van der Waals surface area contributed by atoms with Crippen LogP contribution >= 0.6 is 0 Å². The van der Waals surface area contributed by atoms with E-state index in [1.54, 1.807) is 24.3 Å². The highest BCUT2D eigenvalue weighted by Gasteiger charge is 2.47. The van der Waals surface area contributed by atoms with Crippen LogP contribution in [0.25, 0.3) is 0 Å². The summed E-state index contributed by atoms with van der Waals surface area (Å²) < 4.78 is 43.0. The van der Waals surface area contributed by atoms with Gasteiger partial charge in [-0.1, -0.05) is 37.3 Å². The van der Waals surface area contributed by atoms with Crippen LogP contribution in [0.1, 0.15) is 12.5 Å².